The molecular formula is C16H23N3O2. The quantitative estimate of drug-likeness (QED) is 0.780. The summed E-state index contributed by atoms with van der Waals surface area (Å²) < 4.78 is 0. The lowest BCUT2D eigenvalue weighted by atomic mass is 10.0. The number of urea groups is 1. The van der Waals surface area contributed by atoms with Crippen LogP contribution >= 0.6 is 0 Å². The van der Waals surface area contributed by atoms with Crippen LogP contribution in [-0.2, 0) is 4.79 Å². The summed E-state index contributed by atoms with van der Waals surface area (Å²) in [6, 6.07) is 7.33. The maximum absolute atomic E-state index is 11.9. The molecular weight excluding hydrogens is 266 g/mol. The number of imide groups is 1. The first kappa shape index (κ1) is 15.4. The van der Waals surface area contributed by atoms with Crippen LogP contribution in [0.4, 0.5) is 10.5 Å². The fourth-order valence-electron chi connectivity index (χ4n) is 1.95. The van der Waals surface area contributed by atoms with E-state index in [9.17, 15) is 9.59 Å². The Kier molecular flexibility index (Phi) is 4.83. The van der Waals surface area contributed by atoms with E-state index < -0.39 is 12.1 Å². The predicted octanol–water partition coefficient (Wildman–Crippen LogP) is 2.60. The lowest BCUT2D eigenvalue weighted by molar-refractivity contribution is -0.120. The van der Waals surface area contributed by atoms with Crippen molar-refractivity contribution in [1.29, 1.82) is 0 Å². The molecule has 1 atom stereocenters. The molecule has 0 aromatic heterocycles. The maximum Gasteiger partial charge on any atom is 0.321 e. The molecule has 1 fully saturated rings. The molecule has 21 heavy (non-hydrogen) atoms. The molecule has 5 heteroatoms. The van der Waals surface area contributed by atoms with Gasteiger partial charge in [0.05, 0.1) is 0 Å². The lowest BCUT2D eigenvalue weighted by Crippen LogP contribution is -2.46. The largest absolute Gasteiger partial charge is 0.374 e. The second kappa shape index (κ2) is 6.61. The van der Waals surface area contributed by atoms with Crippen molar-refractivity contribution in [3.05, 3.63) is 29.8 Å². The van der Waals surface area contributed by atoms with E-state index in [1.54, 1.807) is 6.92 Å². The third-order valence-corrected chi connectivity index (χ3v) is 3.50. The van der Waals surface area contributed by atoms with E-state index in [0.717, 1.165) is 18.5 Å². The van der Waals surface area contributed by atoms with Gasteiger partial charge in [0.2, 0.25) is 5.91 Å². The van der Waals surface area contributed by atoms with Crippen molar-refractivity contribution in [1.82, 2.24) is 10.6 Å². The number of carbonyl (C=O) groups excluding carboxylic acids is 2. The fraction of sp³-hybridized carbons (Fsp3) is 0.500. The molecule has 1 saturated carbocycles. The van der Waals surface area contributed by atoms with Crippen LogP contribution in [0.15, 0.2) is 24.3 Å². The Balaban J connectivity index is 1.83. The average molecular weight is 289 g/mol. The third kappa shape index (κ3) is 4.77. The topological polar surface area (TPSA) is 70.2 Å². The van der Waals surface area contributed by atoms with Crippen LogP contribution in [0.5, 0.6) is 0 Å². The highest BCUT2D eigenvalue weighted by atomic mass is 16.2. The second-order valence-corrected chi connectivity index (χ2v) is 5.88. The van der Waals surface area contributed by atoms with Gasteiger partial charge in [-0.3, -0.25) is 10.1 Å². The third-order valence-electron chi connectivity index (χ3n) is 3.50. The molecule has 0 bridgehead atoms. The molecule has 0 saturated heterocycles. The SMILES string of the molecule is CC(Nc1ccc(C(C)C)cc1)C(=O)NC(=O)NC1CC1. The molecule has 5 nitrogen and oxygen atoms in total. The van der Waals surface area contributed by atoms with Crippen LogP contribution < -0.4 is 16.0 Å². The number of carbonyl (C=O) groups is 2. The van der Waals surface area contributed by atoms with E-state index in [0.29, 0.717) is 5.92 Å². The van der Waals surface area contributed by atoms with Gasteiger partial charge in [-0.1, -0.05) is 26.0 Å². The summed E-state index contributed by atoms with van der Waals surface area (Å²) in [5.41, 5.74) is 2.12. The zero-order valence-electron chi connectivity index (χ0n) is 12.8. The fourth-order valence-corrected chi connectivity index (χ4v) is 1.95. The van der Waals surface area contributed by atoms with Gasteiger partial charge in [0.25, 0.3) is 0 Å². The first-order valence-corrected chi connectivity index (χ1v) is 7.43. The predicted molar refractivity (Wildman–Crippen MR) is 83.3 cm³/mol. The molecule has 0 heterocycles. The summed E-state index contributed by atoms with van der Waals surface area (Å²) >= 11 is 0. The van der Waals surface area contributed by atoms with Crippen molar-refractivity contribution in [3.8, 4) is 0 Å². The van der Waals surface area contributed by atoms with Crippen molar-refractivity contribution in [2.75, 3.05) is 5.32 Å². The van der Waals surface area contributed by atoms with Crippen molar-refractivity contribution < 1.29 is 9.59 Å². The van der Waals surface area contributed by atoms with Crippen LogP contribution in [0.3, 0.4) is 0 Å². The van der Waals surface area contributed by atoms with E-state index in [4.69, 9.17) is 0 Å². The lowest BCUT2D eigenvalue weighted by Gasteiger charge is -2.15. The van der Waals surface area contributed by atoms with E-state index in [2.05, 4.69) is 29.8 Å². The Hall–Kier alpha value is -2.04. The van der Waals surface area contributed by atoms with Gasteiger partial charge < -0.3 is 10.6 Å². The zero-order chi connectivity index (χ0) is 15.4. The highest BCUT2D eigenvalue weighted by Crippen LogP contribution is 2.18. The number of benzene rings is 1. The summed E-state index contributed by atoms with van der Waals surface area (Å²) in [6.07, 6.45) is 2.00. The molecule has 1 aliphatic rings. The van der Waals surface area contributed by atoms with Gasteiger partial charge in [-0.15, -0.1) is 0 Å². The van der Waals surface area contributed by atoms with Crippen molar-refractivity contribution >= 4 is 17.6 Å². The molecule has 0 aliphatic heterocycles. The summed E-state index contributed by atoms with van der Waals surface area (Å²) in [5.74, 6) is 0.145. The minimum atomic E-state index is -0.472. The second-order valence-electron chi connectivity index (χ2n) is 5.88. The van der Waals surface area contributed by atoms with Crippen LogP contribution in [-0.4, -0.2) is 24.0 Å². The Bertz CT molecular complexity index is 507. The van der Waals surface area contributed by atoms with Gasteiger partial charge in [-0.2, -0.15) is 0 Å². The molecule has 0 spiro atoms. The molecule has 3 N–H and O–H groups in total. The van der Waals surface area contributed by atoms with Gasteiger partial charge in [-0.05, 0) is 43.4 Å². The van der Waals surface area contributed by atoms with Gasteiger partial charge >= 0.3 is 6.03 Å². The minimum absolute atomic E-state index is 0.240. The highest BCUT2D eigenvalue weighted by Gasteiger charge is 2.24. The first-order valence-electron chi connectivity index (χ1n) is 7.43. The molecule has 3 amide bonds. The maximum atomic E-state index is 11.9. The zero-order valence-corrected chi connectivity index (χ0v) is 12.8. The number of hydrogen-bond donors (Lipinski definition) is 3. The van der Waals surface area contributed by atoms with Crippen LogP contribution in [0.2, 0.25) is 0 Å². The summed E-state index contributed by atoms with van der Waals surface area (Å²) in [5, 5.41) is 8.16. The van der Waals surface area contributed by atoms with Crippen LogP contribution in [0, 0.1) is 0 Å². The molecule has 114 valence electrons. The molecule has 1 aromatic rings. The number of anilines is 1. The number of hydrogen-bond acceptors (Lipinski definition) is 3. The Labute approximate surface area is 125 Å². The Morgan fingerprint density at radius 2 is 1.71 bits per heavy atom. The van der Waals surface area contributed by atoms with Crippen LogP contribution in [0.1, 0.15) is 45.1 Å². The van der Waals surface area contributed by atoms with E-state index >= 15 is 0 Å². The molecule has 2 rings (SSSR count). The normalized spacial score (nSPS) is 15.4. The minimum Gasteiger partial charge on any atom is -0.374 e. The van der Waals surface area contributed by atoms with Gasteiger partial charge in [0.1, 0.15) is 6.04 Å². The van der Waals surface area contributed by atoms with Gasteiger partial charge in [0.15, 0.2) is 0 Å². The molecule has 1 unspecified atom stereocenters. The van der Waals surface area contributed by atoms with Crippen molar-refractivity contribution in [3.63, 3.8) is 0 Å². The Morgan fingerprint density at radius 3 is 2.24 bits per heavy atom. The van der Waals surface area contributed by atoms with E-state index in [1.165, 1.54) is 5.56 Å². The average Bonchev–Trinajstić information content (AvgIpc) is 3.22. The van der Waals surface area contributed by atoms with Gasteiger partial charge in [0, 0.05) is 11.7 Å². The summed E-state index contributed by atoms with van der Waals surface area (Å²) in [7, 11) is 0. The smallest absolute Gasteiger partial charge is 0.321 e. The summed E-state index contributed by atoms with van der Waals surface area (Å²) in [6.45, 7) is 6.00. The standard InChI is InChI=1S/C16H23N3O2/c1-10(2)12-4-6-13(7-5-12)17-11(3)15(20)19-16(21)18-14-8-9-14/h4-7,10-11,14,17H,8-9H2,1-3H3,(H2,18,19,20,21). The number of nitrogens with one attached hydrogen (secondary N) is 3. The number of amides is 3. The molecule has 1 aliphatic carbocycles. The van der Waals surface area contributed by atoms with E-state index in [1.807, 2.05) is 24.3 Å². The monoisotopic (exact) mass is 289 g/mol. The Morgan fingerprint density at radius 1 is 1.10 bits per heavy atom. The van der Waals surface area contributed by atoms with Gasteiger partial charge in [-0.25, -0.2) is 4.79 Å². The summed E-state index contributed by atoms with van der Waals surface area (Å²) in [4.78, 5) is 23.4. The van der Waals surface area contributed by atoms with Crippen molar-refractivity contribution in [2.24, 2.45) is 0 Å². The van der Waals surface area contributed by atoms with Crippen LogP contribution in [0.25, 0.3) is 0 Å². The highest BCUT2D eigenvalue weighted by molar-refractivity contribution is 5.98. The molecule has 1 aromatic carbocycles. The first-order chi connectivity index (χ1) is 9.95. The molecule has 0 radical (unpaired) electrons. The van der Waals surface area contributed by atoms with Crippen molar-refractivity contribution in [2.45, 2.75) is 51.6 Å². The van der Waals surface area contributed by atoms with E-state index in [-0.39, 0.29) is 11.9 Å². The number of rotatable bonds is 5.